The molecule has 0 aliphatic rings. The number of nitrogens with zero attached hydrogens (tertiary/aromatic N) is 1. The fourth-order valence-electron chi connectivity index (χ4n) is 0.821. The van der Waals surface area contributed by atoms with E-state index >= 15 is 0 Å². The molecule has 0 spiro atoms. The summed E-state index contributed by atoms with van der Waals surface area (Å²) in [6.45, 7) is 0. The lowest BCUT2D eigenvalue weighted by atomic mass is 10.2. The molecule has 1 aromatic rings. The second-order valence-electron chi connectivity index (χ2n) is 2.22. The van der Waals surface area contributed by atoms with E-state index in [-0.39, 0.29) is 5.84 Å². The topological polar surface area (TPSA) is 84.6 Å². The Labute approximate surface area is 74.4 Å². The van der Waals surface area contributed by atoms with Gasteiger partial charge in [-0.3, -0.25) is 0 Å². The number of oxime groups is 1. The van der Waals surface area contributed by atoms with E-state index in [1.54, 1.807) is 12.1 Å². The molecule has 0 heterocycles. The maximum absolute atomic E-state index is 8.36. The van der Waals surface area contributed by atoms with Crippen molar-refractivity contribution in [2.75, 3.05) is 5.73 Å². The van der Waals surface area contributed by atoms with Crippen LogP contribution in [0, 0.1) is 0 Å². The number of rotatable bonds is 1. The monoisotopic (exact) mass is 185 g/mol. The molecule has 5 heteroatoms. The maximum atomic E-state index is 8.36. The van der Waals surface area contributed by atoms with Crippen molar-refractivity contribution < 1.29 is 5.21 Å². The first-order chi connectivity index (χ1) is 5.65. The molecule has 0 aliphatic heterocycles. The van der Waals surface area contributed by atoms with Crippen LogP contribution < -0.4 is 11.5 Å². The summed E-state index contributed by atoms with van der Waals surface area (Å²) in [6, 6.07) is 4.74. The number of halogens is 1. The SMILES string of the molecule is NC(=NO)c1ccc(Cl)cc1N. The molecule has 1 rings (SSSR count). The Hall–Kier alpha value is -1.42. The van der Waals surface area contributed by atoms with Gasteiger partial charge >= 0.3 is 0 Å². The molecule has 0 fully saturated rings. The summed E-state index contributed by atoms with van der Waals surface area (Å²) < 4.78 is 0. The summed E-state index contributed by atoms with van der Waals surface area (Å²) in [5.74, 6) is -0.0239. The van der Waals surface area contributed by atoms with Gasteiger partial charge in [0.1, 0.15) is 0 Å². The van der Waals surface area contributed by atoms with Crippen molar-refractivity contribution in [1.29, 1.82) is 0 Å². The summed E-state index contributed by atoms with van der Waals surface area (Å²) in [5, 5.41) is 11.7. The molecule has 64 valence electrons. The van der Waals surface area contributed by atoms with Gasteiger partial charge in [0, 0.05) is 16.3 Å². The van der Waals surface area contributed by atoms with Crippen molar-refractivity contribution in [3.63, 3.8) is 0 Å². The van der Waals surface area contributed by atoms with Crippen LogP contribution in [0.1, 0.15) is 5.56 Å². The molecule has 0 saturated carbocycles. The number of amidine groups is 1. The van der Waals surface area contributed by atoms with Crippen LogP contribution in [0.4, 0.5) is 5.69 Å². The van der Waals surface area contributed by atoms with Crippen LogP contribution in [0.3, 0.4) is 0 Å². The molecule has 0 bridgehead atoms. The van der Waals surface area contributed by atoms with Gasteiger partial charge in [0.2, 0.25) is 0 Å². The van der Waals surface area contributed by atoms with E-state index in [1.807, 2.05) is 0 Å². The normalized spacial score (nSPS) is 11.6. The molecule has 4 nitrogen and oxygen atoms in total. The molecular formula is C7H8ClN3O. The number of hydrogen-bond donors (Lipinski definition) is 3. The van der Waals surface area contributed by atoms with E-state index < -0.39 is 0 Å². The van der Waals surface area contributed by atoms with E-state index in [2.05, 4.69) is 5.16 Å². The van der Waals surface area contributed by atoms with Crippen LogP contribution in [-0.2, 0) is 0 Å². The Bertz CT molecular complexity index is 324. The maximum Gasteiger partial charge on any atom is 0.172 e. The highest BCUT2D eigenvalue weighted by Gasteiger charge is 2.03. The Kier molecular flexibility index (Phi) is 2.40. The van der Waals surface area contributed by atoms with E-state index in [4.69, 9.17) is 28.3 Å². The van der Waals surface area contributed by atoms with Crippen LogP contribution >= 0.6 is 11.6 Å². The Balaban J connectivity index is 3.18. The van der Waals surface area contributed by atoms with Gasteiger partial charge in [-0.1, -0.05) is 16.8 Å². The molecule has 5 N–H and O–H groups in total. The van der Waals surface area contributed by atoms with Gasteiger partial charge in [-0.2, -0.15) is 0 Å². The summed E-state index contributed by atoms with van der Waals surface area (Å²) in [7, 11) is 0. The molecule has 1 aromatic carbocycles. The zero-order chi connectivity index (χ0) is 9.14. The zero-order valence-electron chi connectivity index (χ0n) is 6.16. The Morgan fingerprint density at radius 1 is 1.50 bits per heavy atom. The predicted octanol–water partition coefficient (Wildman–Crippen LogP) is 1.02. The third-order valence-electron chi connectivity index (χ3n) is 1.40. The number of nitrogen functional groups attached to an aromatic ring is 1. The molecular weight excluding hydrogens is 178 g/mol. The molecule has 0 amide bonds. The van der Waals surface area contributed by atoms with Gasteiger partial charge in [0.15, 0.2) is 5.84 Å². The lowest BCUT2D eigenvalue weighted by Crippen LogP contribution is -2.15. The average Bonchev–Trinajstić information content (AvgIpc) is 2.03. The van der Waals surface area contributed by atoms with Gasteiger partial charge in [-0.05, 0) is 18.2 Å². The van der Waals surface area contributed by atoms with Gasteiger partial charge in [0.05, 0.1) is 0 Å². The smallest absolute Gasteiger partial charge is 0.172 e. The van der Waals surface area contributed by atoms with Crippen molar-refractivity contribution >= 4 is 23.1 Å². The van der Waals surface area contributed by atoms with Crippen LogP contribution in [0.2, 0.25) is 5.02 Å². The van der Waals surface area contributed by atoms with Crippen molar-refractivity contribution in [3.8, 4) is 0 Å². The summed E-state index contributed by atoms with van der Waals surface area (Å²) in [4.78, 5) is 0. The summed E-state index contributed by atoms with van der Waals surface area (Å²) in [5.41, 5.74) is 11.7. The molecule has 0 aliphatic carbocycles. The first-order valence-corrected chi connectivity index (χ1v) is 3.56. The average molecular weight is 186 g/mol. The first kappa shape index (κ1) is 8.67. The Morgan fingerprint density at radius 3 is 2.67 bits per heavy atom. The van der Waals surface area contributed by atoms with Gasteiger partial charge in [0.25, 0.3) is 0 Å². The fourth-order valence-corrected chi connectivity index (χ4v) is 1.00. The summed E-state index contributed by atoms with van der Waals surface area (Å²) >= 11 is 5.64. The van der Waals surface area contributed by atoms with E-state index in [0.29, 0.717) is 16.3 Å². The van der Waals surface area contributed by atoms with Crippen LogP contribution in [0.15, 0.2) is 23.4 Å². The van der Waals surface area contributed by atoms with Crippen molar-refractivity contribution in [1.82, 2.24) is 0 Å². The van der Waals surface area contributed by atoms with Crippen LogP contribution in [0.5, 0.6) is 0 Å². The van der Waals surface area contributed by atoms with Crippen LogP contribution in [-0.4, -0.2) is 11.0 Å². The number of nitrogens with two attached hydrogens (primary N) is 2. The lowest BCUT2D eigenvalue weighted by molar-refractivity contribution is 0.318. The summed E-state index contributed by atoms with van der Waals surface area (Å²) in [6.07, 6.45) is 0. The van der Waals surface area contributed by atoms with Gasteiger partial charge in [-0.15, -0.1) is 0 Å². The highest BCUT2D eigenvalue weighted by atomic mass is 35.5. The molecule has 0 radical (unpaired) electrons. The fraction of sp³-hybridized carbons (Fsp3) is 0. The molecule has 0 aromatic heterocycles. The highest BCUT2D eigenvalue weighted by molar-refractivity contribution is 6.31. The molecule has 12 heavy (non-hydrogen) atoms. The lowest BCUT2D eigenvalue weighted by Gasteiger charge is -2.02. The highest BCUT2D eigenvalue weighted by Crippen LogP contribution is 2.17. The zero-order valence-corrected chi connectivity index (χ0v) is 6.92. The van der Waals surface area contributed by atoms with Crippen molar-refractivity contribution in [3.05, 3.63) is 28.8 Å². The first-order valence-electron chi connectivity index (χ1n) is 3.18. The number of anilines is 1. The predicted molar refractivity (Wildman–Crippen MR) is 48.4 cm³/mol. The second-order valence-corrected chi connectivity index (χ2v) is 2.65. The van der Waals surface area contributed by atoms with Gasteiger partial charge in [-0.25, -0.2) is 0 Å². The largest absolute Gasteiger partial charge is 0.409 e. The van der Waals surface area contributed by atoms with Crippen molar-refractivity contribution in [2.24, 2.45) is 10.9 Å². The minimum absolute atomic E-state index is 0.0239. The number of benzene rings is 1. The third-order valence-corrected chi connectivity index (χ3v) is 1.63. The Morgan fingerprint density at radius 2 is 2.17 bits per heavy atom. The molecule has 0 saturated heterocycles. The quantitative estimate of drug-likeness (QED) is 0.201. The van der Waals surface area contributed by atoms with Gasteiger partial charge < -0.3 is 16.7 Å². The molecule has 0 atom stereocenters. The third kappa shape index (κ3) is 1.60. The second kappa shape index (κ2) is 3.32. The molecule has 0 unspecified atom stereocenters. The number of hydrogen-bond acceptors (Lipinski definition) is 3. The van der Waals surface area contributed by atoms with E-state index in [0.717, 1.165) is 0 Å². The van der Waals surface area contributed by atoms with Crippen LogP contribution in [0.25, 0.3) is 0 Å². The van der Waals surface area contributed by atoms with E-state index in [1.165, 1.54) is 6.07 Å². The minimum Gasteiger partial charge on any atom is -0.409 e. The van der Waals surface area contributed by atoms with E-state index in [9.17, 15) is 0 Å². The minimum atomic E-state index is -0.0239. The van der Waals surface area contributed by atoms with Crippen molar-refractivity contribution in [2.45, 2.75) is 0 Å². The standard InChI is InChI=1S/C7H8ClN3O/c8-4-1-2-5(6(9)3-4)7(10)11-12/h1-3,12H,9H2,(H2,10,11).